The summed E-state index contributed by atoms with van der Waals surface area (Å²) in [5.74, 6) is -0.940. The van der Waals surface area contributed by atoms with Crippen molar-refractivity contribution >= 4 is 32.8 Å². The van der Waals surface area contributed by atoms with Crippen LogP contribution in [0.1, 0.15) is 16.1 Å². The van der Waals surface area contributed by atoms with E-state index >= 15 is 0 Å². The Morgan fingerprint density at radius 3 is 2.80 bits per heavy atom. The number of aromatic nitrogens is 1. The van der Waals surface area contributed by atoms with Crippen LogP contribution in [0.25, 0.3) is 10.9 Å². The minimum atomic E-state index is -0.940. The van der Waals surface area contributed by atoms with Gasteiger partial charge in [0, 0.05) is 15.6 Å². The van der Waals surface area contributed by atoms with Crippen molar-refractivity contribution in [2.75, 3.05) is 0 Å². The standard InChI is InChI=1S/C11H8BrNO2/c1-6-2-3-7-4-8(11(14)15)9(12)5-10(7)13-6/h2-5H,1H3,(H,14,15). The van der Waals surface area contributed by atoms with Gasteiger partial charge in [-0.15, -0.1) is 0 Å². The first-order valence-corrected chi connectivity index (χ1v) is 5.17. The lowest BCUT2D eigenvalue weighted by molar-refractivity contribution is 0.0696. The average molecular weight is 266 g/mol. The van der Waals surface area contributed by atoms with Crippen LogP contribution in [0.5, 0.6) is 0 Å². The van der Waals surface area contributed by atoms with Crippen LogP contribution in [-0.4, -0.2) is 16.1 Å². The summed E-state index contributed by atoms with van der Waals surface area (Å²) in [5.41, 5.74) is 1.97. The molecule has 0 atom stereocenters. The summed E-state index contributed by atoms with van der Waals surface area (Å²) in [7, 11) is 0. The third-order valence-corrected chi connectivity index (χ3v) is 2.80. The zero-order valence-corrected chi connectivity index (χ0v) is 9.58. The highest BCUT2D eigenvalue weighted by Crippen LogP contribution is 2.23. The van der Waals surface area contributed by atoms with Crippen molar-refractivity contribution in [1.82, 2.24) is 4.98 Å². The first-order valence-electron chi connectivity index (χ1n) is 4.38. The normalized spacial score (nSPS) is 10.5. The summed E-state index contributed by atoms with van der Waals surface area (Å²) in [4.78, 5) is 15.2. The van der Waals surface area contributed by atoms with Crippen LogP contribution < -0.4 is 0 Å². The van der Waals surface area contributed by atoms with Crippen molar-refractivity contribution in [3.05, 3.63) is 40.0 Å². The fourth-order valence-electron chi connectivity index (χ4n) is 1.41. The van der Waals surface area contributed by atoms with E-state index in [1.807, 2.05) is 19.1 Å². The molecule has 2 aromatic rings. The Bertz CT molecular complexity index is 552. The van der Waals surface area contributed by atoms with E-state index in [0.717, 1.165) is 16.6 Å². The van der Waals surface area contributed by atoms with E-state index in [1.165, 1.54) is 0 Å². The predicted octanol–water partition coefficient (Wildman–Crippen LogP) is 3.00. The topological polar surface area (TPSA) is 50.2 Å². The van der Waals surface area contributed by atoms with Gasteiger partial charge in [-0.05, 0) is 41.1 Å². The molecule has 76 valence electrons. The van der Waals surface area contributed by atoms with E-state index in [-0.39, 0.29) is 5.56 Å². The quantitative estimate of drug-likeness (QED) is 0.863. The molecule has 15 heavy (non-hydrogen) atoms. The number of benzene rings is 1. The second kappa shape index (κ2) is 3.62. The van der Waals surface area contributed by atoms with E-state index < -0.39 is 5.97 Å². The van der Waals surface area contributed by atoms with E-state index in [0.29, 0.717) is 4.47 Å². The molecule has 1 aromatic heterocycles. The van der Waals surface area contributed by atoms with Crippen molar-refractivity contribution < 1.29 is 9.90 Å². The molecule has 0 fully saturated rings. The SMILES string of the molecule is Cc1ccc2cc(C(=O)O)c(Br)cc2n1. The van der Waals surface area contributed by atoms with Crippen molar-refractivity contribution in [3.8, 4) is 0 Å². The summed E-state index contributed by atoms with van der Waals surface area (Å²) in [5, 5.41) is 9.76. The summed E-state index contributed by atoms with van der Waals surface area (Å²) in [6.07, 6.45) is 0. The predicted molar refractivity (Wildman–Crippen MR) is 61.1 cm³/mol. The number of hydrogen-bond donors (Lipinski definition) is 1. The first-order chi connectivity index (χ1) is 7.08. The first kappa shape index (κ1) is 10.1. The van der Waals surface area contributed by atoms with Crippen LogP contribution in [0.15, 0.2) is 28.7 Å². The van der Waals surface area contributed by atoms with Gasteiger partial charge in [0.2, 0.25) is 0 Å². The Morgan fingerprint density at radius 2 is 2.13 bits per heavy atom. The van der Waals surface area contributed by atoms with Crippen LogP contribution in [0.3, 0.4) is 0 Å². The van der Waals surface area contributed by atoms with Crippen LogP contribution in [0.2, 0.25) is 0 Å². The number of aromatic carboxylic acids is 1. The fraction of sp³-hybridized carbons (Fsp3) is 0.0909. The molecule has 0 amide bonds. The van der Waals surface area contributed by atoms with Crippen molar-refractivity contribution in [2.24, 2.45) is 0 Å². The lowest BCUT2D eigenvalue weighted by Gasteiger charge is -2.03. The highest BCUT2D eigenvalue weighted by Gasteiger charge is 2.09. The second-order valence-corrected chi connectivity index (χ2v) is 4.14. The van der Waals surface area contributed by atoms with Crippen molar-refractivity contribution in [2.45, 2.75) is 6.92 Å². The molecule has 0 radical (unpaired) electrons. The van der Waals surface area contributed by atoms with Gasteiger partial charge in [-0.1, -0.05) is 6.07 Å². The van der Waals surface area contributed by atoms with Crippen LogP contribution in [0, 0.1) is 6.92 Å². The number of halogens is 1. The molecule has 1 heterocycles. The Hall–Kier alpha value is -1.42. The van der Waals surface area contributed by atoms with Gasteiger partial charge in [0.15, 0.2) is 0 Å². The van der Waals surface area contributed by atoms with Gasteiger partial charge in [-0.25, -0.2) is 4.79 Å². The van der Waals surface area contributed by atoms with Gasteiger partial charge < -0.3 is 5.11 Å². The molecule has 0 saturated heterocycles. The maximum atomic E-state index is 10.9. The zero-order valence-electron chi connectivity index (χ0n) is 7.99. The Morgan fingerprint density at radius 1 is 1.40 bits per heavy atom. The van der Waals surface area contributed by atoms with Gasteiger partial charge in [-0.2, -0.15) is 0 Å². The molecule has 0 aliphatic carbocycles. The number of hydrogen-bond acceptors (Lipinski definition) is 2. The van der Waals surface area contributed by atoms with E-state index in [2.05, 4.69) is 20.9 Å². The number of aryl methyl sites for hydroxylation is 1. The highest BCUT2D eigenvalue weighted by molar-refractivity contribution is 9.10. The minimum Gasteiger partial charge on any atom is -0.478 e. The Balaban J connectivity index is 2.76. The smallest absolute Gasteiger partial charge is 0.336 e. The van der Waals surface area contributed by atoms with Crippen molar-refractivity contribution in [1.29, 1.82) is 0 Å². The van der Waals surface area contributed by atoms with Gasteiger partial charge in [0.05, 0.1) is 11.1 Å². The number of carboxylic acids is 1. The van der Waals surface area contributed by atoms with Crippen LogP contribution >= 0.6 is 15.9 Å². The van der Waals surface area contributed by atoms with Gasteiger partial charge in [-0.3, -0.25) is 4.98 Å². The molecule has 1 N–H and O–H groups in total. The van der Waals surface area contributed by atoms with Crippen LogP contribution in [0.4, 0.5) is 0 Å². The van der Waals surface area contributed by atoms with E-state index in [9.17, 15) is 4.79 Å². The molecular formula is C11H8BrNO2. The molecule has 3 nitrogen and oxygen atoms in total. The number of pyridine rings is 1. The molecule has 0 bridgehead atoms. The third-order valence-electron chi connectivity index (χ3n) is 2.15. The van der Waals surface area contributed by atoms with Crippen molar-refractivity contribution in [3.63, 3.8) is 0 Å². The molecule has 0 aliphatic heterocycles. The Kier molecular flexibility index (Phi) is 2.44. The molecule has 0 aliphatic rings. The molecule has 0 unspecified atom stereocenters. The van der Waals surface area contributed by atoms with E-state index in [4.69, 9.17) is 5.11 Å². The molecular weight excluding hydrogens is 258 g/mol. The zero-order chi connectivity index (χ0) is 11.0. The minimum absolute atomic E-state index is 0.258. The third kappa shape index (κ3) is 1.85. The lowest BCUT2D eigenvalue weighted by Crippen LogP contribution is -1.98. The largest absolute Gasteiger partial charge is 0.478 e. The van der Waals surface area contributed by atoms with Gasteiger partial charge in [0.25, 0.3) is 0 Å². The molecule has 1 aromatic carbocycles. The maximum absolute atomic E-state index is 10.9. The number of fused-ring (bicyclic) bond motifs is 1. The molecule has 4 heteroatoms. The summed E-state index contributed by atoms with van der Waals surface area (Å²) in [6.45, 7) is 1.90. The lowest BCUT2D eigenvalue weighted by atomic mass is 10.1. The highest BCUT2D eigenvalue weighted by atomic mass is 79.9. The summed E-state index contributed by atoms with van der Waals surface area (Å²) >= 11 is 3.22. The summed E-state index contributed by atoms with van der Waals surface area (Å²) < 4.78 is 0.556. The van der Waals surface area contributed by atoms with Crippen LogP contribution in [-0.2, 0) is 0 Å². The molecule has 2 rings (SSSR count). The second-order valence-electron chi connectivity index (χ2n) is 3.28. The number of nitrogens with zero attached hydrogens (tertiary/aromatic N) is 1. The Labute approximate surface area is 94.9 Å². The van der Waals surface area contributed by atoms with Gasteiger partial charge >= 0.3 is 5.97 Å². The number of rotatable bonds is 1. The molecule has 0 spiro atoms. The monoisotopic (exact) mass is 265 g/mol. The number of carboxylic acid groups (broad SMARTS) is 1. The molecule has 0 saturated carbocycles. The van der Waals surface area contributed by atoms with E-state index in [1.54, 1.807) is 12.1 Å². The number of carbonyl (C=O) groups is 1. The summed E-state index contributed by atoms with van der Waals surface area (Å²) in [6, 6.07) is 7.08. The average Bonchev–Trinajstić information content (AvgIpc) is 2.15. The van der Waals surface area contributed by atoms with Gasteiger partial charge in [0.1, 0.15) is 0 Å². The maximum Gasteiger partial charge on any atom is 0.336 e. The fourth-order valence-corrected chi connectivity index (χ4v) is 1.91.